The van der Waals surface area contributed by atoms with E-state index in [1.807, 2.05) is 45.0 Å². The molecule has 4 nitrogen and oxygen atoms in total. The van der Waals surface area contributed by atoms with Crippen LogP contribution >= 0.6 is 0 Å². The van der Waals surface area contributed by atoms with Crippen molar-refractivity contribution in [2.45, 2.75) is 45.6 Å². The Morgan fingerprint density at radius 3 is 2.61 bits per heavy atom. The number of hydrogen-bond donors (Lipinski definition) is 0. The zero-order valence-corrected chi connectivity index (χ0v) is 14.1. The number of fused-ring (bicyclic) bond motifs is 1. The minimum Gasteiger partial charge on any atom is -0.497 e. The summed E-state index contributed by atoms with van der Waals surface area (Å²) < 4.78 is 10.7. The smallest absolute Gasteiger partial charge is 0.334 e. The Morgan fingerprint density at radius 1 is 1.22 bits per heavy atom. The Kier molecular flexibility index (Phi) is 3.58. The first-order valence-corrected chi connectivity index (χ1v) is 7.88. The molecule has 23 heavy (non-hydrogen) atoms. The summed E-state index contributed by atoms with van der Waals surface area (Å²) in [5.74, 6) is 0.576. The normalized spacial score (nSPS) is 23.0. The van der Waals surface area contributed by atoms with E-state index >= 15 is 0 Å². The van der Waals surface area contributed by atoms with Gasteiger partial charge in [-0.1, -0.05) is 6.08 Å². The zero-order chi connectivity index (χ0) is 16.8. The first-order chi connectivity index (χ1) is 10.7. The van der Waals surface area contributed by atoms with Crippen molar-refractivity contribution in [2.75, 3.05) is 7.11 Å². The number of carbonyl (C=O) groups is 2. The Morgan fingerprint density at radius 2 is 1.96 bits per heavy atom. The zero-order valence-electron chi connectivity index (χ0n) is 14.1. The van der Waals surface area contributed by atoms with Gasteiger partial charge in [0.15, 0.2) is 5.78 Å². The number of Topliss-reactive ketones (excluding diaryl/α,β-unsaturated/α-hetero) is 1. The molecule has 2 aliphatic carbocycles. The van der Waals surface area contributed by atoms with E-state index in [9.17, 15) is 9.59 Å². The second kappa shape index (κ2) is 5.22. The van der Waals surface area contributed by atoms with E-state index in [1.165, 1.54) is 0 Å². The van der Waals surface area contributed by atoms with Crippen molar-refractivity contribution in [3.63, 3.8) is 0 Å². The summed E-state index contributed by atoms with van der Waals surface area (Å²) in [4.78, 5) is 25.1. The van der Waals surface area contributed by atoms with Gasteiger partial charge in [-0.25, -0.2) is 4.79 Å². The van der Waals surface area contributed by atoms with Gasteiger partial charge in [0.25, 0.3) is 0 Å². The minimum absolute atomic E-state index is 0.130. The summed E-state index contributed by atoms with van der Waals surface area (Å²) in [7, 11) is 1.62. The Labute approximate surface area is 136 Å². The molecule has 4 heteroatoms. The molecule has 0 aromatic heterocycles. The number of methoxy groups -OCH3 is 1. The molecule has 0 radical (unpaired) electrons. The number of ketones is 1. The number of rotatable bonds is 2. The average Bonchev–Trinajstić information content (AvgIpc) is 3.00. The van der Waals surface area contributed by atoms with Gasteiger partial charge in [-0.2, -0.15) is 0 Å². The largest absolute Gasteiger partial charge is 0.497 e. The molecule has 0 heterocycles. The van der Waals surface area contributed by atoms with Crippen molar-refractivity contribution in [2.24, 2.45) is 5.41 Å². The van der Waals surface area contributed by atoms with Crippen molar-refractivity contribution in [1.82, 2.24) is 0 Å². The van der Waals surface area contributed by atoms with Crippen molar-refractivity contribution in [3.05, 3.63) is 41.0 Å². The fourth-order valence-electron chi connectivity index (χ4n) is 3.43. The van der Waals surface area contributed by atoms with Crippen LogP contribution in [0.5, 0.6) is 5.75 Å². The molecule has 2 aliphatic rings. The summed E-state index contributed by atoms with van der Waals surface area (Å²) in [5.41, 5.74) is 1.34. The lowest BCUT2D eigenvalue weighted by Gasteiger charge is -2.23. The van der Waals surface area contributed by atoms with E-state index < -0.39 is 11.0 Å². The van der Waals surface area contributed by atoms with E-state index in [2.05, 4.69) is 0 Å². The molecule has 1 spiro atoms. The summed E-state index contributed by atoms with van der Waals surface area (Å²) in [5, 5.41) is 0. The number of ether oxygens (including phenoxy) is 2. The molecule has 0 bridgehead atoms. The highest BCUT2D eigenvalue weighted by atomic mass is 16.6. The topological polar surface area (TPSA) is 52.6 Å². The summed E-state index contributed by atoms with van der Waals surface area (Å²) in [6, 6.07) is 5.57. The molecular weight excluding hydrogens is 292 g/mol. The SMILES string of the molecule is COc1ccc2c(c1)CC1(CC=C(C(=O)OC(C)(C)C)C1)C2=O. The second-order valence-corrected chi connectivity index (χ2v) is 7.42. The molecule has 0 fully saturated rings. The first-order valence-electron chi connectivity index (χ1n) is 7.88. The third kappa shape index (κ3) is 2.78. The molecule has 3 rings (SSSR count). The molecule has 1 atom stereocenters. The predicted octanol–water partition coefficient (Wildman–Crippen LogP) is 3.48. The molecule has 0 aliphatic heterocycles. The molecule has 0 N–H and O–H groups in total. The highest BCUT2D eigenvalue weighted by Gasteiger charge is 2.49. The maximum absolute atomic E-state index is 12.8. The average molecular weight is 314 g/mol. The fourth-order valence-corrected chi connectivity index (χ4v) is 3.43. The van der Waals surface area contributed by atoms with Crippen LogP contribution in [0.25, 0.3) is 0 Å². The number of esters is 1. The third-order valence-electron chi connectivity index (χ3n) is 4.50. The number of carbonyl (C=O) groups excluding carboxylic acids is 2. The van der Waals surface area contributed by atoms with Gasteiger partial charge in [-0.05, 0) is 63.8 Å². The minimum atomic E-state index is -0.524. The standard InChI is InChI=1S/C19H22O4/c1-18(2,3)23-17(21)12-7-8-19(10-12)11-13-9-14(22-4)5-6-15(13)16(19)20/h5-7,9H,8,10-11H2,1-4H3. The summed E-state index contributed by atoms with van der Waals surface area (Å²) in [6.07, 6.45) is 3.57. The van der Waals surface area contributed by atoms with E-state index in [-0.39, 0.29) is 11.8 Å². The number of hydrogen-bond acceptors (Lipinski definition) is 4. The van der Waals surface area contributed by atoms with Crippen molar-refractivity contribution >= 4 is 11.8 Å². The molecule has 1 aromatic carbocycles. The molecule has 1 aromatic rings. The van der Waals surface area contributed by atoms with Crippen LogP contribution in [0.1, 0.15) is 49.5 Å². The monoisotopic (exact) mass is 314 g/mol. The molecule has 1 unspecified atom stereocenters. The third-order valence-corrected chi connectivity index (χ3v) is 4.50. The summed E-state index contributed by atoms with van der Waals surface area (Å²) >= 11 is 0. The molecule has 0 saturated carbocycles. The van der Waals surface area contributed by atoms with Crippen molar-refractivity contribution in [3.8, 4) is 5.75 Å². The Hall–Kier alpha value is -2.10. The maximum atomic E-state index is 12.8. The molecule has 122 valence electrons. The van der Waals surface area contributed by atoms with Gasteiger partial charge in [0.05, 0.1) is 7.11 Å². The van der Waals surface area contributed by atoms with Gasteiger partial charge in [0, 0.05) is 16.6 Å². The maximum Gasteiger partial charge on any atom is 0.334 e. The lowest BCUT2D eigenvalue weighted by Crippen LogP contribution is -2.28. The van der Waals surface area contributed by atoms with E-state index in [4.69, 9.17) is 9.47 Å². The highest BCUT2D eigenvalue weighted by molar-refractivity contribution is 6.07. The lowest BCUT2D eigenvalue weighted by molar-refractivity contribution is -0.150. The molecule has 0 saturated heterocycles. The van der Waals surface area contributed by atoms with Crippen LogP contribution in [-0.4, -0.2) is 24.5 Å². The van der Waals surface area contributed by atoms with Crippen LogP contribution in [0.2, 0.25) is 0 Å². The van der Waals surface area contributed by atoms with Crippen LogP contribution in [0, 0.1) is 5.41 Å². The molecule has 0 amide bonds. The lowest BCUT2D eigenvalue weighted by atomic mass is 9.80. The van der Waals surface area contributed by atoms with Crippen LogP contribution in [0.15, 0.2) is 29.8 Å². The van der Waals surface area contributed by atoms with Gasteiger partial charge in [0.2, 0.25) is 0 Å². The molecular formula is C19H22O4. The quantitative estimate of drug-likeness (QED) is 0.784. The summed E-state index contributed by atoms with van der Waals surface area (Å²) in [6.45, 7) is 5.54. The van der Waals surface area contributed by atoms with Crippen LogP contribution in [0.3, 0.4) is 0 Å². The van der Waals surface area contributed by atoms with Crippen LogP contribution in [-0.2, 0) is 16.0 Å². The van der Waals surface area contributed by atoms with Gasteiger partial charge in [0.1, 0.15) is 11.4 Å². The van der Waals surface area contributed by atoms with Crippen molar-refractivity contribution < 1.29 is 19.1 Å². The number of allylic oxidation sites excluding steroid dienone is 1. The van der Waals surface area contributed by atoms with Crippen LogP contribution in [0.4, 0.5) is 0 Å². The van der Waals surface area contributed by atoms with E-state index in [1.54, 1.807) is 7.11 Å². The predicted molar refractivity (Wildman–Crippen MR) is 86.6 cm³/mol. The Balaban J connectivity index is 1.79. The van der Waals surface area contributed by atoms with Crippen LogP contribution < -0.4 is 4.74 Å². The Bertz CT molecular complexity index is 709. The van der Waals surface area contributed by atoms with Gasteiger partial charge < -0.3 is 9.47 Å². The van der Waals surface area contributed by atoms with Gasteiger partial charge in [-0.3, -0.25) is 4.79 Å². The fraction of sp³-hybridized carbons (Fsp3) is 0.474. The van der Waals surface area contributed by atoms with Gasteiger partial charge in [-0.15, -0.1) is 0 Å². The first kappa shape index (κ1) is 15.8. The number of benzene rings is 1. The highest BCUT2D eigenvalue weighted by Crippen LogP contribution is 2.49. The van der Waals surface area contributed by atoms with E-state index in [0.29, 0.717) is 24.8 Å². The second-order valence-electron chi connectivity index (χ2n) is 7.42. The van der Waals surface area contributed by atoms with Crippen molar-refractivity contribution in [1.29, 1.82) is 0 Å². The van der Waals surface area contributed by atoms with E-state index in [0.717, 1.165) is 16.9 Å². The van der Waals surface area contributed by atoms with Gasteiger partial charge >= 0.3 is 5.97 Å².